The fourth-order valence-electron chi connectivity index (χ4n) is 0.923. The number of aromatic nitrogens is 3. The summed E-state index contributed by atoms with van der Waals surface area (Å²) in [6.07, 6.45) is 4.67. The van der Waals surface area contributed by atoms with Gasteiger partial charge >= 0.3 is 0 Å². The smallest absolute Gasteiger partial charge is 0.222 e. The first-order valence-electron chi connectivity index (χ1n) is 2.96. The molecule has 50 valence electrons. The molecule has 10 heavy (non-hydrogen) atoms. The molecule has 0 atom stereocenters. The average molecular weight is 135 g/mol. The maximum atomic E-state index is 10.9. The second kappa shape index (κ2) is 1.76. The van der Waals surface area contributed by atoms with Crippen molar-refractivity contribution in [2.75, 3.05) is 0 Å². The van der Waals surface area contributed by atoms with Gasteiger partial charge in [-0.2, -0.15) is 5.10 Å². The third kappa shape index (κ3) is 0.586. The molecule has 4 nitrogen and oxygen atoms in total. The summed E-state index contributed by atoms with van der Waals surface area (Å²) in [5.41, 5.74) is 0. The van der Waals surface area contributed by atoms with E-state index in [2.05, 4.69) is 10.1 Å². The first kappa shape index (κ1) is 5.34. The molecule has 2 heterocycles. The van der Waals surface area contributed by atoms with E-state index in [1.807, 2.05) is 0 Å². The average Bonchev–Trinajstić information content (AvgIpc) is 2.36. The van der Waals surface area contributed by atoms with Gasteiger partial charge in [-0.05, 0) is 6.08 Å². The van der Waals surface area contributed by atoms with E-state index >= 15 is 0 Å². The Kier molecular flexibility index (Phi) is 0.943. The van der Waals surface area contributed by atoms with Crippen molar-refractivity contribution in [3.63, 3.8) is 0 Å². The summed E-state index contributed by atoms with van der Waals surface area (Å²) >= 11 is 0. The highest BCUT2D eigenvalue weighted by Gasteiger charge is 2.12. The summed E-state index contributed by atoms with van der Waals surface area (Å²) in [6, 6.07) is 0. The van der Waals surface area contributed by atoms with Gasteiger partial charge in [0.25, 0.3) is 0 Å². The van der Waals surface area contributed by atoms with Crippen LogP contribution in [-0.4, -0.2) is 20.5 Å². The Hall–Kier alpha value is -1.45. The van der Waals surface area contributed by atoms with E-state index in [0.29, 0.717) is 12.4 Å². The highest BCUT2D eigenvalue weighted by molar-refractivity contribution is 6.02. The van der Waals surface area contributed by atoms with Crippen molar-refractivity contribution in [1.82, 2.24) is 14.8 Å². The summed E-state index contributed by atoms with van der Waals surface area (Å²) in [5, 5.41) is 3.84. The van der Waals surface area contributed by atoms with E-state index in [1.54, 1.807) is 10.8 Å². The minimum absolute atomic E-state index is 0.0660. The molecule has 1 aromatic rings. The number of fused-ring (bicyclic) bond motifs is 1. The quantitative estimate of drug-likeness (QED) is 0.504. The zero-order valence-electron chi connectivity index (χ0n) is 5.19. The standard InChI is InChI=1S/C6H5N3O/c10-5-2-1-3-9-6(5)7-4-8-9/h1-2,4H,3H2. The van der Waals surface area contributed by atoms with Crippen molar-refractivity contribution in [1.29, 1.82) is 0 Å². The molecule has 0 saturated carbocycles. The first-order valence-corrected chi connectivity index (χ1v) is 2.96. The van der Waals surface area contributed by atoms with Crippen LogP contribution in [0, 0.1) is 0 Å². The van der Waals surface area contributed by atoms with E-state index in [4.69, 9.17) is 0 Å². The van der Waals surface area contributed by atoms with Crippen LogP contribution >= 0.6 is 0 Å². The molecule has 0 spiro atoms. The summed E-state index contributed by atoms with van der Waals surface area (Å²) in [4.78, 5) is 14.7. The second-order valence-corrected chi connectivity index (χ2v) is 2.03. The second-order valence-electron chi connectivity index (χ2n) is 2.03. The van der Waals surface area contributed by atoms with Crippen LogP contribution in [0.2, 0.25) is 0 Å². The normalized spacial score (nSPS) is 15.4. The number of carbonyl (C=O) groups excluding carboxylic acids is 1. The van der Waals surface area contributed by atoms with E-state index in [1.165, 1.54) is 12.4 Å². The molecule has 1 aliphatic heterocycles. The molecular formula is C6H5N3O. The Morgan fingerprint density at radius 1 is 1.60 bits per heavy atom. The SMILES string of the molecule is O=C1C=CCn2ncnc21. The first-order chi connectivity index (χ1) is 4.88. The maximum absolute atomic E-state index is 10.9. The highest BCUT2D eigenvalue weighted by Crippen LogP contribution is 2.02. The third-order valence-corrected chi connectivity index (χ3v) is 1.38. The fourth-order valence-corrected chi connectivity index (χ4v) is 0.923. The van der Waals surface area contributed by atoms with Crippen molar-refractivity contribution in [3.05, 3.63) is 24.3 Å². The predicted octanol–water partition coefficient (Wildman–Crippen LogP) is 0.0306. The molecule has 0 aliphatic carbocycles. The molecule has 0 unspecified atom stereocenters. The van der Waals surface area contributed by atoms with Crippen LogP contribution in [0.15, 0.2) is 18.5 Å². The summed E-state index contributed by atoms with van der Waals surface area (Å²) in [6.45, 7) is 0.654. The number of carbonyl (C=O) groups is 1. The van der Waals surface area contributed by atoms with Crippen LogP contribution in [0.5, 0.6) is 0 Å². The predicted molar refractivity (Wildman–Crippen MR) is 33.5 cm³/mol. The molecule has 0 bridgehead atoms. The Bertz CT molecular complexity index is 300. The molecule has 1 aliphatic rings. The van der Waals surface area contributed by atoms with Gasteiger partial charge in [0.1, 0.15) is 6.33 Å². The monoisotopic (exact) mass is 135 g/mol. The molecule has 0 radical (unpaired) electrons. The van der Waals surface area contributed by atoms with Gasteiger partial charge in [0.2, 0.25) is 5.78 Å². The number of allylic oxidation sites excluding steroid dienone is 2. The number of ketones is 1. The van der Waals surface area contributed by atoms with E-state index in [-0.39, 0.29) is 5.78 Å². The van der Waals surface area contributed by atoms with Gasteiger partial charge in [-0.25, -0.2) is 9.67 Å². The van der Waals surface area contributed by atoms with Crippen molar-refractivity contribution < 1.29 is 4.79 Å². The lowest BCUT2D eigenvalue weighted by Crippen LogP contribution is -2.13. The Morgan fingerprint density at radius 2 is 2.50 bits per heavy atom. The number of nitrogens with zero attached hydrogens (tertiary/aromatic N) is 3. The summed E-state index contributed by atoms with van der Waals surface area (Å²) in [5.74, 6) is 0.367. The highest BCUT2D eigenvalue weighted by atomic mass is 16.1. The van der Waals surface area contributed by atoms with E-state index in [0.717, 1.165) is 0 Å². The number of hydrogen-bond donors (Lipinski definition) is 0. The molecule has 0 N–H and O–H groups in total. The van der Waals surface area contributed by atoms with Crippen molar-refractivity contribution >= 4 is 5.78 Å². The fraction of sp³-hybridized carbons (Fsp3) is 0.167. The number of rotatable bonds is 0. The summed E-state index contributed by atoms with van der Waals surface area (Å²) in [7, 11) is 0. The van der Waals surface area contributed by atoms with Gasteiger partial charge in [0.15, 0.2) is 5.82 Å². The zero-order valence-corrected chi connectivity index (χ0v) is 5.19. The molecule has 0 fully saturated rings. The van der Waals surface area contributed by atoms with Crippen LogP contribution in [0.25, 0.3) is 0 Å². The van der Waals surface area contributed by atoms with Gasteiger partial charge in [-0.3, -0.25) is 4.79 Å². The van der Waals surface area contributed by atoms with E-state index < -0.39 is 0 Å². The molecule has 2 rings (SSSR count). The largest absolute Gasteiger partial charge is 0.286 e. The van der Waals surface area contributed by atoms with Crippen LogP contribution in [-0.2, 0) is 6.54 Å². The van der Waals surface area contributed by atoms with Crippen LogP contribution in [0.3, 0.4) is 0 Å². The molecular weight excluding hydrogens is 130 g/mol. The van der Waals surface area contributed by atoms with Crippen molar-refractivity contribution in [2.24, 2.45) is 0 Å². The summed E-state index contributed by atoms with van der Waals surface area (Å²) < 4.78 is 1.57. The van der Waals surface area contributed by atoms with Crippen LogP contribution < -0.4 is 0 Å². The Morgan fingerprint density at radius 3 is 3.30 bits per heavy atom. The molecule has 1 aromatic heterocycles. The van der Waals surface area contributed by atoms with Gasteiger partial charge in [0.05, 0.1) is 6.54 Å². The zero-order chi connectivity index (χ0) is 6.97. The minimum atomic E-state index is -0.0660. The Balaban J connectivity index is 2.58. The topological polar surface area (TPSA) is 47.8 Å². The molecule has 0 amide bonds. The molecule has 4 heteroatoms. The lowest BCUT2D eigenvalue weighted by molar-refractivity contribution is 0.102. The van der Waals surface area contributed by atoms with Crippen LogP contribution in [0.1, 0.15) is 10.6 Å². The van der Waals surface area contributed by atoms with E-state index in [9.17, 15) is 4.79 Å². The third-order valence-electron chi connectivity index (χ3n) is 1.38. The van der Waals surface area contributed by atoms with Crippen molar-refractivity contribution in [2.45, 2.75) is 6.54 Å². The van der Waals surface area contributed by atoms with Gasteiger partial charge in [-0.1, -0.05) is 6.08 Å². The van der Waals surface area contributed by atoms with Gasteiger partial charge < -0.3 is 0 Å². The van der Waals surface area contributed by atoms with Gasteiger partial charge in [-0.15, -0.1) is 0 Å². The van der Waals surface area contributed by atoms with Gasteiger partial charge in [0, 0.05) is 0 Å². The molecule has 0 aromatic carbocycles. The minimum Gasteiger partial charge on any atom is -0.286 e. The lowest BCUT2D eigenvalue weighted by atomic mass is 10.3. The van der Waals surface area contributed by atoms with Crippen molar-refractivity contribution in [3.8, 4) is 0 Å². The molecule has 0 saturated heterocycles. The Labute approximate surface area is 57.2 Å². The maximum Gasteiger partial charge on any atom is 0.222 e. The van der Waals surface area contributed by atoms with Crippen LogP contribution in [0.4, 0.5) is 0 Å². The lowest BCUT2D eigenvalue weighted by Gasteiger charge is -2.02. The number of hydrogen-bond acceptors (Lipinski definition) is 3.